The molecule has 2 saturated heterocycles. The molecule has 4 rings (SSSR count). The second-order valence-electron chi connectivity index (χ2n) is 8.61. The summed E-state index contributed by atoms with van der Waals surface area (Å²) >= 11 is 0. The molecule has 3 heterocycles. The lowest BCUT2D eigenvalue weighted by molar-refractivity contribution is -0.117. The van der Waals surface area contributed by atoms with E-state index in [0.717, 1.165) is 41.9 Å². The van der Waals surface area contributed by atoms with Gasteiger partial charge in [0.25, 0.3) is 5.91 Å². The summed E-state index contributed by atoms with van der Waals surface area (Å²) in [6.07, 6.45) is 5.08. The average Bonchev–Trinajstić information content (AvgIpc) is 3.34. The Kier molecular flexibility index (Phi) is 6.51. The molecule has 1 aromatic carbocycles. The number of ether oxygens (including phenoxy) is 1. The van der Waals surface area contributed by atoms with Crippen molar-refractivity contribution >= 4 is 28.4 Å². The van der Waals surface area contributed by atoms with Gasteiger partial charge in [0.1, 0.15) is 11.4 Å². The summed E-state index contributed by atoms with van der Waals surface area (Å²) in [5, 5.41) is 4.03. The summed E-state index contributed by atoms with van der Waals surface area (Å²) < 4.78 is 7.46. The van der Waals surface area contributed by atoms with Crippen LogP contribution in [0.2, 0.25) is 0 Å². The number of nitrogens with one attached hydrogen (secondary N) is 1. The molecular weight excluding hydrogens is 392 g/mol. The number of carbonyl (C=O) groups is 2. The second kappa shape index (κ2) is 9.30. The van der Waals surface area contributed by atoms with E-state index in [2.05, 4.69) is 17.1 Å². The van der Waals surface area contributed by atoms with Crippen LogP contribution in [0.3, 0.4) is 0 Å². The fraction of sp³-hybridized carbons (Fsp3) is 0.583. The van der Waals surface area contributed by atoms with Crippen LogP contribution in [-0.2, 0) is 11.3 Å². The molecule has 2 fully saturated rings. The largest absolute Gasteiger partial charge is 0.497 e. The Balaban J connectivity index is 1.66. The zero-order valence-electron chi connectivity index (χ0n) is 18.9. The first kappa shape index (κ1) is 21.7. The maximum Gasteiger partial charge on any atom is 0.270 e. The summed E-state index contributed by atoms with van der Waals surface area (Å²) in [4.78, 5) is 30.3. The molecule has 1 aromatic heterocycles. The third-order valence-corrected chi connectivity index (χ3v) is 6.74. The molecule has 0 radical (unpaired) electrons. The molecule has 2 amide bonds. The van der Waals surface area contributed by atoms with E-state index in [1.807, 2.05) is 29.7 Å². The van der Waals surface area contributed by atoms with Crippen LogP contribution in [0, 0.1) is 0 Å². The van der Waals surface area contributed by atoms with E-state index in [4.69, 9.17) is 4.74 Å². The molecule has 0 spiro atoms. The Morgan fingerprint density at radius 2 is 2.06 bits per heavy atom. The number of likely N-dealkylation sites (tertiary alicyclic amines) is 1. The van der Waals surface area contributed by atoms with Gasteiger partial charge in [-0.2, -0.15) is 0 Å². The number of aromatic nitrogens is 1. The SMILES string of the molecule is CCn1c(C(=O)NCCN2CCCC[C@H]2C)c(N2CCCC2=O)c2cc(OC)ccc21. The highest BCUT2D eigenvalue weighted by molar-refractivity contribution is 6.14. The highest BCUT2D eigenvalue weighted by Crippen LogP contribution is 2.38. The summed E-state index contributed by atoms with van der Waals surface area (Å²) in [7, 11) is 1.63. The quantitative estimate of drug-likeness (QED) is 0.737. The minimum absolute atomic E-state index is 0.0779. The van der Waals surface area contributed by atoms with Gasteiger partial charge in [-0.1, -0.05) is 6.42 Å². The summed E-state index contributed by atoms with van der Waals surface area (Å²) in [5.74, 6) is 0.685. The van der Waals surface area contributed by atoms with Gasteiger partial charge in [0.15, 0.2) is 0 Å². The van der Waals surface area contributed by atoms with Gasteiger partial charge in [-0.3, -0.25) is 14.5 Å². The van der Waals surface area contributed by atoms with Crippen molar-refractivity contribution in [3.63, 3.8) is 0 Å². The van der Waals surface area contributed by atoms with Gasteiger partial charge in [0.05, 0.1) is 18.3 Å². The first-order valence-corrected chi connectivity index (χ1v) is 11.6. The molecule has 7 heteroatoms. The van der Waals surface area contributed by atoms with Crippen molar-refractivity contribution in [2.45, 2.75) is 58.5 Å². The lowest BCUT2D eigenvalue weighted by Crippen LogP contribution is -2.42. The van der Waals surface area contributed by atoms with Crippen molar-refractivity contribution in [3.05, 3.63) is 23.9 Å². The van der Waals surface area contributed by atoms with Crippen LogP contribution in [0.15, 0.2) is 18.2 Å². The van der Waals surface area contributed by atoms with Crippen LogP contribution >= 0.6 is 0 Å². The number of hydrogen-bond acceptors (Lipinski definition) is 4. The van der Waals surface area contributed by atoms with E-state index < -0.39 is 0 Å². The van der Waals surface area contributed by atoms with E-state index in [1.165, 1.54) is 19.3 Å². The van der Waals surface area contributed by atoms with Gasteiger partial charge in [-0.15, -0.1) is 0 Å². The van der Waals surface area contributed by atoms with Crippen molar-refractivity contribution in [1.82, 2.24) is 14.8 Å². The standard InChI is InChI=1S/C24H34N4O3/c1-4-27-20-11-10-18(31-3)16-19(20)22(28-14-7-9-21(28)29)23(27)24(30)25-12-15-26-13-6-5-8-17(26)2/h10-11,16-17H,4-9,12-15H2,1-3H3,(H,25,30)/t17-/m1/s1. The highest BCUT2D eigenvalue weighted by atomic mass is 16.5. The van der Waals surface area contributed by atoms with Gasteiger partial charge in [-0.25, -0.2) is 0 Å². The molecule has 2 aliphatic heterocycles. The predicted octanol–water partition coefficient (Wildman–Crippen LogP) is 3.40. The zero-order chi connectivity index (χ0) is 22.0. The van der Waals surface area contributed by atoms with Crippen molar-refractivity contribution in [3.8, 4) is 5.75 Å². The van der Waals surface area contributed by atoms with Crippen LogP contribution in [0.1, 0.15) is 56.4 Å². The van der Waals surface area contributed by atoms with Crippen molar-refractivity contribution in [2.24, 2.45) is 0 Å². The Morgan fingerprint density at radius 1 is 1.23 bits per heavy atom. The third kappa shape index (κ3) is 4.15. The lowest BCUT2D eigenvalue weighted by Gasteiger charge is -2.33. The summed E-state index contributed by atoms with van der Waals surface area (Å²) in [6.45, 7) is 8.14. The molecule has 2 aromatic rings. The first-order chi connectivity index (χ1) is 15.0. The van der Waals surface area contributed by atoms with Crippen molar-refractivity contribution < 1.29 is 14.3 Å². The first-order valence-electron chi connectivity index (χ1n) is 11.6. The Hall–Kier alpha value is -2.54. The fourth-order valence-electron chi connectivity index (χ4n) is 5.05. The predicted molar refractivity (Wildman–Crippen MR) is 123 cm³/mol. The van der Waals surface area contributed by atoms with E-state index in [9.17, 15) is 9.59 Å². The van der Waals surface area contributed by atoms with Gasteiger partial charge in [0.2, 0.25) is 5.91 Å². The number of benzene rings is 1. The van der Waals surface area contributed by atoms with E-state index in [-0.39, 0.29) is 11.8 Å². The number of amides is 2. The summed E-state index contributed by atoms with van der Waals surface area (Å²) in [5.41, 5.74) is 2.25. The van der Waals surface area contributed by atoms with Crippen LogP contribution in [0.4, 0.5) is 5.69 Å². The Morgan fingerprint density at radius 3 is 2.74 bits per heavy atom. The number of rotatable bonds is 7. The van der Waals surface area contributed by atoms with Gasteiger partial charge < -0.3 is 19.5 Å². The minimum Gasteiger partial charge on any atom is -0.497 e. The number of nitrogens with zero attached hydrogens (tertiary/aromatic N) is 3. The number of fused-ring (bicyclic) bond motifs is 1. The molecule has 1 N–H and O–H groups in total. The van der Waals surface area contributed by atoms with E-state index in [1.54, 1.807) is 12.0 Å². The van der Waals surface area contributed by atoms with Crippen LogP contribution in [-0.4, -0.2) is 60.6 Å². The lowest BCUT2D eigenvalue weighted by atomic mass is 10.0. The number of hydrogen-bond donors (Lipinski definition) is 1. The number of methoxy groups -OCH3 is 1. The van der Waals surface area contributed by atoms with E-state index in [0.29, 0.717) is 37.8 Å². The van der Waals surface area contributed by atoms with Crippen LogP contribution < -0.4 is 15.0 Å². The third-order valence-electron chi connectivity index (χ3n) is 6.74. The minimum atomic E-state index is -0.114. The molecule has 1 atom stereocenters. The number of piperidine rings is 1. The fourth-order valence-corrected chi connectivity index (χ4v) is 5.05. The maximum atomic E-state index is 13.4. The molecule has 2 aliphatic rings. The molecular formula is C24H34N4O3. The number of aryl methyl sites for hydroxylation is 1. The second-order valence-corrected chi connectivity index (χ2v) is 8.61. The molecule has 0 unspecified atom stereocenters. The van der Waals surface area contributed by atoms with Crippen LogP contribution in [0.25, 0.3) is 10.9 Å². The van der Waals surface area contributed by atoms with Crippen molar-refractivity contribution in [2.75, 3.05) is 38.2 Å². The molecule has 0 bridgehead atoms. The summed E-state index contributed by atoms with van der Waals surface area (Å²) in [6, 6.07) is 6.39. The normalized spacial score (nSPS) is 19.9. The Bertz CT molecular complexity index is 967. The Labute approximate surface area is 184 Å². The topological polar surface area (TPSA) is 66.8 Å². The van der Waals surface area contributed by atoms with Crippen LogP contribution in [0.5, 0.6) is 5.75 Å². The van der Waals surface area contributed by atoms with Crippen molar-refractivity contribution in [1.29, 1.82) is 0 Å². The maximum absolute atomic E-state index is 13.4. The van der Waals surface area contributed by atoms with E-state index >= 15 is 0 Å². The molecule has 168 valence electrons. The van der Waals surface area contributed by atoms with Gasteiger partial charge in [0, 0.05) is 44.0 Å². The zero-order valence-corrected chi connectivity index (χ0v) is 18.9. The number of anilines is 1. The smallest absolute Gasteiger partial charge is 0.270 e. The monoisotopic (exact) mass is 426 g/mol. The average molecular weight is 427 g/mol. The molecule has 0 saturated carbocycles. The molecule has 31 heavy (non-hydrogen) atoms. The highest BCUT2D eigenvalue weighted by Gasteiger charge is 2.32. The number of carbonyl (C=O) groups excluding carboxylic acids is 2. The molecule has 0 aliphatic carbocycles. The molecule has 7 nitrogen and oxygen atoms in total. The van der Waals surface area contributed by atoms with Gasteiger partial charge in [-0.05, 0) is 57.9 Å². The van der Waals surface area contributed by atoms with Gasteiger partial charge >= 0.3 is 0 Å².